The summed E-state index contributed by atoms with van der Waals surface area (Å²) in [6.45, 7) is 4.51. The molecule has 150 valence electrons. The number of piperazine rings is 1. The van der Waals surface area contributed by atoms with Gasteiger partial charge in [0.2, 0.25) is 11.9 Å². The Bertz CT molecular complexity index is 1100. The van der Waals surface area contributed by atoms with Gasteiger partial charge in [0.25, 0.3) is 0 Å². The maximum Gasteiger partial charge on any atom is 0.226 e. The van der Waals surface area contributed by atoms with Gasteiger partial charge in [0.05, 0.1) is 5.52 Å². The molecule has 1 atom stereocenters. The van der Waals surface area contributed by atoms with E-state index in [9.17, 15) is 4.79 Å². The van der Waals surface area contributed by atoms with Crippen LogP contribution in [-0.4, -0.2) is 56.1 Å². The number of para-hydroxylation sites is 1. The summed E-state index contributed by atoms with van der Waals surface area (Å²) in [4.78, 5) is 22.3. The van der Waals surface area contributed by atoms with Gasteiger partial charge in [-0.1, -0.05) is 18.6 Å². The zero-order valence-corrected chi connectivity index (χ0v) is 16.8. The van der Waals surface area contributed by atoms with Crippen LogP contribution in [0.5, 0.6) is 0 Å². The largest absolute Gasteiger partial charge is 0.338 e. The highest BCUT2D eigenvalue weighted by atomic mass is 16.2. The highest BCUT2D eigenvalue weighted by Crippen LogP contribution is 2.41. The van der Waals surface area contributed by atoms with Crippen molar-refractivity contribution in [2.75, 3.05) is 24.5 Å². The predicted octanol–water partition coefficient (Wildman–Crippen LogP) is 2.99. The van der Waals surface area contributed by atoms with Crippen molar-refractivity contribution < 1.29 is 4.79 Å². The van der Waals surface area contributed by atoms with E-state index >= 15 is 0 Å². The molecule has 2 aromatic heterocycles. The maximum absolute atomic E-state index is 12.8. The lowest BCUT2D eigenvalue weighted by Gasteiger charge is -2.43. The Labute approximate surface area is 169 Å². The molecule has 3 aromatic rings. The number of anilines is 1. The van der Waals surface area contributed by atoms with Gasteiger partial charge in [-0.3, -0.25) is 4.79 Å². The summed E-state index contributed by atoms with van der Waals surface area (Å²) in [6, 6.07) is 8.35. The first-order valence-corrected chi connectivity index (χ1v) is 10.9. The number of carbonyl (C=O) groups is 1. The predicted molar refractivity (Wildman–Crippen MR) is 111 cm³/mol. The highest BCUT2D eigenvalue weighted by molar-refractivity contribution is 5.92. The molecule has 3 heterocycles. The molecule has 0 bridgehead atoms. The number of carbonyl (C=O) groups excluding carboxylic acids is 1. The molecule has 0 spiro atoms. The van der Waals surface area contributed by atoms with Crippen LogP contribution in [-0.2, 0) is 4.79 Å². The van der Waals surface area contributed by atoms with Crippen molar-refractivity contribution in [1.82, 2.24) is 24.5 Å². The van der Waals surface area contributed by atoms with E-state index in [0.29, 0.717) is 11.8 Å². The smallest absolute Gasteiger partial charge is 0.226 e. The summed E-state index contributed by atoms with van der Waals surface area (Å²) < 4.78 is 2.18. The zero-order valence-electron chi connectivity index (χ0n) is 16.8. The van der Waals surface area contributed by atoms with Gasteiger partial charge >= 0.3 is 0 Å². The summed E-state index contributed by atoms with van der Waals surface area (Å²) in [5.41, 5.74) is 1.85. The zero-order chi connectivity index (χ0) is 19.5. The lowest BCUT2D eigenvalue weighted by atomic mass is 9.84. The molecule has 3 aliphatic rings. The highest BCUT2D eigenvalue weighted by Gasteiger charge is 2.36. The van der Waals surface area contributed by atoms with Crippen molar-refractivity contribution >= 4 is 28.4 Å². The lowest BCUT2D eigenvalue weighted by Crippen LogP contribution is -2.56. The standard InChI is InChI=1S/C22H26N6O/c1-14-13-26(11-12-27(14)21(29)16-5-4-6-16)22-23-18-8-3-2-7-17(18)20-25-24-19(28(20)22)15-9-10-15/h2-3,7-8,14-16H,4-6,9-13H2,1H3. The van der Waals surface area contributed by atoms with Gasteiger partial charge in [-0.15, -0.1) is 10.2 Å². The normalized spacial score (nSPS) is 23.0. The third-order valence-corrected chi connectivity index (χ3v) is 6.84. The van der Waals surface area contributed by atoms with Crippen molar-refractivity contribution in [3.8, 4) is 0 Å². The number of aromatic nitrogens is 4. The fourth-order valence-electron chi connectivity index (χ4n) is 4.76. The second kappa shape index (κ2) is 6.40. The monoisotopic (exact) mass is 390 g/mol. The molecule has 1 amide bonds. The number of nitrogens with zero attached hydrogens (tertiary/aromatic N) is 6. The molecule has 1 aromatic carbocycles. The van der Waals surface area contributed by atoms with E-state index in [1.54, 1.807) is 0 Å². The molecule has 0 radical (unpaired) electrons. The molecule has 2 aliphatic carbocycles. The average Bonchev–Trinajstić information content (AvgIpc) is 3.44. The molecule has 7 nitrogen and oxygen atoms in total. The van der Waals surface area contributed by atoms with Crippen molar-refractivity contribution in [2.45, 2.75) is 51.0 Å². The van der Waals surface area contributed by atoms with E-state index in [4.69, 9.17) is 4.98 Å². The molecule has 2 saturated carbocycles. The molecule has 1 aliphatic heterocycles. The second-order valence-electron chi connectivity index (χ2n) is 8.87. The van der Waals surface area contributed by atoms with E-state index in [1.807, 2.05) is 18.2 Å². The van der Waals surface area contributed by atoms with Gasteiger partial charge in [0.15, 0.2) is 5.65 Å². The van der Waals surface area contributed by atoms with E-state index < -0.39 is 0 Å². The van der Waals surface area contributed by atoms with Gasteiger partial charge in [0, 0.05) is 42.9 Å². The van der Waals surface area contributed by atoms with Crippen LogP contribution in [0, 0.1) is 5.92 Å². The first-order chi connectivity index (χ1) is 14.2. The SMILES string of the molecule is CC1CN(c2nc3ccccc3c3nnc(C4CC4)n23)CCN1C(=O)C1CCC1. The summed E-state index contributed by atoms with van der Waals surface area (Å²) in [5.74, 6) is 3.06. The second-order valence-corrected chi connectivity index (χ2v) is 8.87. The number of hydrogen-bond acceptors (Lipinski definition) is 5. The fraction of sp³-hybridized carbons (Fsp3) is 0.545. The summed E-state index contributed by atoms with van der Waals surface area (Å²) in [6.07, 6.45) is 5.66. The van der Waals surface area contributed by atoms with E-state index in [1.165, 1.54) is 19.3 Å². The van der Waals surface area contributed by atoms with Gasteiger partial charge in [0.1, 0.15) is 5.82 Å². The maximum atomic E-state index is 12.8. The van der Waals surface area contributed by atoms with Crippen molar-refractivity contribution in [3.05, 3.63) is 30.1 Å². The van der Waals surface area contributed by atoms with Crippen LogP contribution in [0.2, 0.25) is 0 Å². The Balaban J connectivity index is 1.39. The third kappa shape index (κ3) is 2.70. The van der Waals surface area contributed by atoms with Crippen LogP contribution >= 0.6 is 0 Å². The van der Waals surface area contributed by atoms with Crippen molar-refractivity contribution in [1.29, 1.82) is 0 Å². The molecule has 1 saturated heterocycles. The third-order valence-electron chi connectivity index (χ3n) is 6.84. The minimum absolute atomic E-state index is 0.182. The fourth-order valence-corrected chi connectivity index (χ4v) is 4.76. The van der Waals surface area contributed by atoms with Gasteiger partial charge in [-0.05, 0) is 44.7 Å². The topological polar surface area (TPSA) is 66.6 Å². The van der Waals surface area contributed by atoms with Crippen molar-refractivity contribution in [2.24, 2.45) is 5.92 Å². The molecule has 0 N–H and O–H groups in total. The summed E-state index contributed by atoms with van der Waals surface area (Å²) in [7, 11) is 0. The van der Waals surface area contributed by atoms with Crippen LogP contribution in [0.1, 0.15) is 50.8 Å². The van der Waals surface area contributed by atoms with Crippen LogP contribution in [0.25, 0.3) is 16.6 Å². The molecule has 6 rings (SSSR count). The van der Waals surface area contributed by atoms with E-state index in [2.05, 4.69) is 37.4 Å². The van der Waals surface area contributed by atoms with Gasteiger partial charge in [-0.25, -0.2) is 9.38 Å². The minimum atomic E-state index is 0.182. The van der Waals surface area contributed by atoms with Crippen LogP contribution in [0.15, 0.2) is 24.3 Å². The Hall–Kier alpha value is -2.70. The van der Waals surface area contributed by atoms with Crippen LogP contribution in [0.4, 0.5) is 5.95 Å². The van der Waals surface area contributed by atoms with Gasteiger partial charge < -0.3 is 9.80 Å². The first kappa shape index (κ1) is 17.2. The number of rotatable bonds is 3. The van der Waals surface area contributed by atoms with E-state index in [-0.39, 0.29) is 12.0 Å². The Kier molecular flexibility index (Phi) is 3.79. The average molecular weight is 390 g/mol. The molecule has 1 unspecified atom stereocenters. The molecule has 3 fully saturated rings. The molecular weight excluding hydrogens is 364 g/mol. The number of amides is 1. The van der Waals surface area contributed by atoms with E-state index in [0.717, 1.165) is 60.8 Å². The van der Waals surface area contributed by atoms with Gasteiger partial charge in [-0.2, -0.15) is 0 Å². The number of fused-ring (bicyclic) bond motifs is 3. The summed E-state index contributed by atoms with van der Waals surface area (Å²) in [5, 5.41) is 10.1. The number of benzene rings is 1. The molecule has 29 heavy (non-hydrogen) atoms. The Morgan fingerprint density at radius 3 is 2.62 bits per heavy atom. The van der Waals surface area contributed by atoms with Crippen LogP contribution < -0.4 is 4.90 Å². The molecule has 7 heteroatoms. The number of hydrogen-bond donors (Lipinski definition) is 0. The first-order valence-electron chi connectivity index (χ1n) is 10.9. The Morgan fingerprint density at radius 1 is 1.07 bits per heavy atom. The van der Waals surface area contributed by atoms with Crippen LogP contribution in [0.3, 0.4) is 0 Å². The Morgan fingerprint density at radius 2 is 1.90 bits per heavy atom. The minimum Gasteiger partial charge on any atom is -0.338 e. The molecular formula is C22H26N6O. The lowest BCUT2D eigenvalue weighted by molar-refractivity contribution is -0.140. The quantitative estimate of drug-likeness (QED) is 0.688. The van der Waals surface area contributed by atoms with Crippen molar-refractivity contribution in [3.63, 3.8) is 0 Å². The summed E-state index contributed by atoms with van der Waals surface area (Å²) >= 11 is 0.